The van der Waals surface area contributed by atoms with Crippen molar-refractivity contribution < 1.29 is 19.1 Å². The van der Waals surface area contributed by atoms with Gasteiger partial charge in [-0.25, -0.2) is 0 Å². The zero-order valence-corrected chi connectivity index (χ0v) is 12.1. The Morgan fingerprint density at radius 1 is 1.42 bits per heavy atom. The van der Waals surface area contributed by atoms with E-state index in [-0.39, 0.29) is 36.4 Å². The van der Waals surface area contributed by atoms with Crippen LogP contribution in [0.1, 0.15) is 20.8 Å². The smallest absolute Gasteiger partial charge is 0.325 e. The number of nitrogens with zero attached hydrogens (tertiary/aromatic N) is 1. The van der Waals surface area contributed by atoms with Crippen LogP contribution in [0.15, 0.2) is 0 Å². The lowest BCUT2D eigenvalue weighted by molar-refractivity contribution is -0.151. The molecule has 1 rings (SSSR count). The number of carbonyl (C=O) groups is 2. The first-order valence-electron chi connectivity index (χ1n) is 6.72. The number of nitrogens with one attached hydrogen (secondary N) is 1. The first-order valence-corrected chi connectivity index (χ1v) is 6.72. The van der Waals surface area contributed by atoms with Gasteiger partial charge in [0.2, 0.25) is 5.91 Å². The van der Waals surface area contributed by atoms with E-state index in [0.717, 1.165) is 0 Å². The molecule has 1 aliphatic heterocycles. The Labute approximate surface area is 114 Å². The van der Waals surface area contributed by atoms with Crippen LogP contribution >= 0.6 is 0 Å². The van der Waals surface area contributed by atoms with Gasteiger partial charge in [0.15, 0.2) is 0 Å². The van der Waals surface area contributed by atoms with Crippen LogP contribution < -0.4 is 5.32 Å². The molecule has 6 nitrogen and oxygen atoms in total. The average Bonchev–Trinajstić information content (AvgIpc) is 2.83. The molecule has 110 valence electrons. The van der Waals surface area contributed by atoms with Gasteiger partial charge in [-0.3, -0.25) is 9.59 Å². The number of ether oxygens (including phenoxy) is 2. The normalized spacial score (nSPS) is 22.6. The zero-order chi connectivity index (χ0) is 14.4. The first kappa shape index (κ1) is 15.9. The Balaban J connectivity index is 2.70. The Bertz CT molecular complexity index is 320. The van der Waals surface area contributed by atoms with Gasteiger partial charge in [-0.1, -0.05) is 0 Å². The van der Waals surface area contributed by atoms with Crippen molar-refractivity contribution in [1.29, 1.82) is 0 Å². The Morgan fingerprint density at radius 3 is 2.63 bits per heavy atom. The summed E-state index contributed by atoms with van der Waals surface area (Å²) in [5.41, 5.74) is 0. The van der Waals surface area contributed by atoms with Crippen molar-refractivity contribution in [3.05, 3.63) is 0 Å². The van der Waals surface area contributed by atoms with Crippen LogP contribution in [-0.4, -0.2) is 62.3 Å². The van der Waals surface area contributed by atoms with E-state index in [1.165, 1.54) is 0 Å². The average molecular weight is 272 g/mol. The largest absolute Gasteiger partial charge is 0.465 e. The molecule has 1 aliphatic rings. The van der Waals surface area contributed by atoms with E-state index in [4.69, 9.17) is 9.47 Å². The van der Waals surface area contributed by atoms with Crippen molar-refractivity contribution in [1.82, 2.24) is 10.2 Å². The first-order chi connectivity index (χ1) is 9.01. The maximum Gasteiger partial charge on any atom is 0.325 e. The van der Waals surface area contributed by atoms with Crippen LogP contribution in [0.5, 0.6) is 0 Å². The molecule has 19 heavy (non-hydrogen) atoms. The van der Waals surface area contributed by atoms with Gasteiger partial charge < -0.3 is 19.7 Å². The van der Waals surface area contributed by atoms with Crippen LogP contribution in [0.4, 0.5) is 0 Å². The van der Waals surface area contributed by atoms with Gasteiger partial charge >= 0.3 is 5.97 Å². The van der Waals surface area contributed by atoms with Gasteiger partial charge in [-0.15, -0.1) is 0 Å². The molecule has 2 atom stereocenters. The molecule has 0 aliphatic carbocycles. The van der Waals surface area contributed by atoms with Crippen LogP contribution in [-0.2, 0) is 19.1 Å². The Hall–Kier alpha value is -1.14. The fourth-order valence-electron chi connectivity index (χ4n) is 2.16. The van der Waals surface area contributed by atoms with E-state index in [9.17, 15) is 9.59 Å². The van der Waals surface area contributed by atoms with E-state index in [2.05, 4.69) is 5.32 Å². The SMILES string of the molecule is CCOC(=O)CN(C(=O)C1COCC1NC)C(C)C. The molecule has 1 N–H and O–H groups in total. The molecule has 0 spiro atoms. The number of hydrogen-bond donors (Lipinski definition) is 1. The summed E-state index contributed by atoms with van der Waals surface area (Å²) in [6.45, 7) is 6.78. The lowest BCUT2D eigenvalue weighted by Crippen LogP contribution is -2.49. The standard InChI is InChI=1S/C13H24N2O4/c1-5-19-12(16)6-15(9(2)3)13(17)10-7-18-8-11(10)14-4/h9-11,14H,5-8H2,1-4H3. The van der Waals surface area contributed by atoms with Gasteiger partial charge in [-0.05, 0) is 27.8 Å². The maximum atomic E-state index is 12.5. The van der Waals surface area contributed by atoms with E-state index in [0.29, 0.717) is 19.8 Å². The van der Waals surface area contributed by atoms with Crippen molar-refractivity contribution in [3.63, 3.8) is 0 Å². The predicted octanol–water partition coefficient (Wildman–Crippen LogP) is 0.0209. The van der Waals surface area contributed by atoms with Crippen molar-refractivity contribution in [2.45, 2.75) is 32.9 Å². The molecular formula is C13H24N2O4. The predicted molar refractivity (Wildman–Crippen MR) is 70.6 cm³/mol. The number of esters is 1. The highest BCUT2D eigenvalue weighted by Crippen LogP contribution is 2.18. The minimum atomic E-state index is -0.371. The fraction of sp³-hybridized carbons (Fsp3) is 0.846. The van der Waals surface area contributed by atoms with Crippen LogP contribution in [0.2, 0.25) is 0 Å². The molecule has 1 saturated heterocycles. The molecule has 2 unspecified atom stereocenters. The van der Waals surface area contributed by atoms with Crippen LogP contribution in [0, 0.1) is 5.92 Å². The molecule has 0 radical (unpaired) electrons. The van der Waals surface area contributed by atoms with Crippen LogP contribution in [0.3, 0.4) is 0 Å². The van der Waals surface area contributed by atoms with E-state index in [1.54, 1.807) is 11.8 Å². The lowest BCUT2D eigenvalue weighted by atomic mass is 10.0. The highest BCUT2D eigenvalue weighted by Gasteiger charge is 2.37. The molecule has 1 amide bonds. The summed E-state index contributed by atoms with van der Waals surface area (Å²) < 4.78 is 10.2. The topological polar surface area (TPSA) is 67.9 Å². The van der Waals surface area contributed by atoms with E-state index in [1.807, 2.05) is 20.9 Å². The van der Waals surface area contributed by atoms with Gasteiger partial charge in [-0.2, -0.15) is 0 Å². The maximum absolute atomic E-state index is 12.5. The van der Waals surface area contributed by atoms with Crippen LogP contribution in [0.25, 0.3) is 0 Å². The molecule has 0 aromatic carbocycles. The van der Waals surface area contributed by atoms with E-state index >= 15 is 0 Å². The zero-order valence-electron chi connectivity index (χ0n) is 12.1. The van der Waals surface area contributed by atoms with Gasteiger partial charge in [0.1, 0.15) is 6.54 Å². The number of amides is 1. The number of hydrogen-bond acceptors (Lipinski definition) is 5. The summed E-state index contributed by atoms with van der Waals surface area (Å²) >= 11 is 0. The third-order valence-electron chi connectivity index (χ3n) is 3.28. The van der Waals surface area contributed by atoms with Gasteiger partial charge in [0.05, 0.1) is 25.7 Å². The highest BCUT2D eigenvalue weighted by molar-refractivity contribution is 5.84. The molecular weight excluding hydrogens is 248 g/mol. The second-order valence-electron chi connectivity index (χ2n) is 4.90. The molecule has 0 aromatic rings. The van der Waals surface area contributed by atoms with Gasteiger partial charge in [0, 0.05) is 12.1 Å². The molecule has 0 bridgehead atoms. The molecule has 0 aromatic heterocycles. The van der Waals surface area contributed by atoms with Gasteiger partial charge in [0.25, 0.3) is 0 Å². The highest BCUT2D eigenvalue weighted by atomic mass is 16.5. The number of likely N-dealkylation sites (N-methyl/N-ethyl adjacent to an activating group) is 1. The Morgan fingerprint density at radius 2 is 2.11 bits per heavy atom. The van der Waals surface area contributed by atoms with E-state index < -0.39 is 0 Å². The third-order valence-corrected chi connectivity index (χ3v) is 3.28. The molecule has 1 heterocycles. The summed E-state index contributed by atoms with van der Waals surface area (Å²) in [5.74, 6) is -0.661. The summed E-state index contributed by atoms with van der Waals surface area (Å²) in [4.78, 5) is 25.6. The van der Waals surface area contributed by atoms with Crippen molar-refractivity contribution in [2.75, 3.05) is 33.4 Å². The van der Waals surface area contributed by atoms with Crippen molar-refractivity contribution in [3.8, 4) is 0 Å². The number of carbonyl (C=O) groups excluding carboxylic acids is 2. The minimum Gasteiger partial charge on any atom is -0.465 e. The lowest BCUT2D eigenvalue weighted by Gasteiger charge is -2.29. The molecule has 1 fully saturated rings. The fourth-order valence-corrected chi connectivity index (χ4v) is 2.16. The third kappa shape index (κ3) is 4.18. The Kier molecular flexibility index (Phi) is 6.24. The molecule has 6 heteroatoms. The second-order valence-corrected chi connectivity index (χ2v) is 4.90. The monoisotopic (exact) mass is 272 g/mol. The summed E-state index contributed by atoms with van der Waals surface area (Å²) in [6, 6.07) is -0.0362. The quantitative estimate of drug-likeness (QED) is 0.691. The number of rotatable bonds is 6. The van der Waals surface area contributed by atoms with Crippen molar-refractivity contribution in [2.24, 2.45) is 5.92 Å². The summed E-state index contributed by atoms with van der Waals surface area (Å²) in [6.07, 6.45) is 0. The van der Waals surface area contributed by atoms with Crippen molar-refractivity contribution >= 4 is 11.9 Å². The summed E-state index contributed by atoms with van der Waals surface area (Å²) in [5, 5.41) is 3.08. The summed E-state index contributed by atoms with van der Waals surface area (Å²) in [7, 11) is 1.81. The minimum absolute atomic E-state index is 0.00270. The second kappa shape index (κ2) is 7.45. The molecule has 0 saturated carbocycles.